The average molecular weight is 341 g/mol. The van der Waals surface area contributed by atoms with Crippen molar-refractivity contribution in [3.8, 4) is 0 Å². The molecule has 1 aromatic rings. The molecule has 0 aliphatic heterocycles. The highest BCUT2D eigenvalue weighted by molar-refractivity contribution is 7.92. The van der Waals surface area contributed by atoms with E-state index < -0.39 is 10.0 Å². The van der Waals surface area contributed by atoms with E-state index in [1.807, 2.05) is 26.8 Å². The summed E-state index contributed by atoms with van der Waals surface area (Å²) in [7, 11) is -3.72. The van der Waals surface area contributed by atoms with Gasteiger partial charge in [0.05, 0.1) is 0 Å². The fourth-order valence-electron chi connectivity index (χ4n) is 3.03. The summed E-state index contributed by atoms with van der Waals surface area (Å²) in [5.74, 6) is 0.648. The Labute approximate surface area is 136 Å². The lowest BCUT2D eigenvalue weighted by Crippen LogP contribution is -2.32. The molecule has 2 fully saturated rings. The molecule has 2 atom stereocenters. The lowest BCUT2D eigenvalue weighted by molar-refractivity contribution is -0.121. The molecular formula is C16H23NO3S2. The van der Waals surface area contributed by atoms with Crippen molar-refractivity contribution < 1.29 is 13.2 Å². The zero-order chi connectivity index (χ0) is 16.1. The highest BCUT2D eigenvalue weighted by atomic mass is 32.2. The van der Waals surface area contributed by atoms with Gasteiger partial charge in [0.1, 0.15) is 4.21 Å². The smallest absolute Gasteiger partial charge is 0.273 e. The van der Waals surface area contributed by atoms with Crippen LogP contribution in [0.3, 0.4) is 0 Å². The van der Waals surface area contributed by atoms with Crippen LogP contribution in [0.15, 0.2) is 16.3 Å². The Morgan fingerprint density at radius 1 is 1.27 bits per heavy atom. The van der Waals surface area contributed by atoms with Crippen LogP contribution in [0.2, 0.25) is 0 Å². The number of amides is 1. The van der Waals surface area contributed by atoms with E-state index in [1.165, 1.54) is 30.6 Å². The SMILES string of the molecule is CC(C)(C)c1ccc(S(=O)(=O)NC(=O)[C@@H]2C[C@H]2C2CCC2)s1. The molecule has 1 N–H and O–H groups in total. The van der Waals surface area contributed by atoms with Gasteiger partial charge in [0.2, 0.25) is 5.91 Å². The molecule has 6 heteroatoms. The molecule has 0 aromatic carbocycles. The molecule has 0 radical (unpaired) electrons. The van der Waals surface area contributed by atoms with Crippen LogP contribution in [-0.4, -0.2) is 14.3 Å². The monoisotopic (exact) mass is 341 g/mol. The van der Waals surface area contributed by atoms with Gasteiger partial charge in [-0.2, -0.15) is 0 Å². The van der Waals surface area contributed by atoms with Crippen LogP contribution in [0.4, 0.5) is 0 Å². The molecule has 0 unspecified atom stereocenters. The van der Waals surface area contributed by atoms with Crippen LogP contribution in [0.5, 0.6) is 0 Å². The zero-order valence-corrected chi connectivity index (χ0v) is 14.9. The second-order valence-electron chi connectivity index (χ2n) is 7.54. The number of rotatable bonds is 4. The van der Waals surface area contributed by atoms with Gasteiger partial charge in [-0.3, -0.25) is 4.79 Å². The largest absolute Gasteiger partial charge is 0.274 e. The number of carbonyl (C=O) groups excluding carboxylic acids is 1. The number of sulfonamides is 1. The van der Waals surface area contributed by atoms with E-state index in [9.17, 15) is 13.2 Å². The zero-order valence-electron chi connectivity index (χ0n) is 13.3. The Morgan fingerprint density at radius 2 is 1.95 bits per heavy atom. The molecule has 22 heavy (non-hydrogen) atoms. The van der Waals surface area contributed by atoms with Gasteiger partial charge in [-0.25, -0.2) is 13.1 Å². The van der Waals surface area contributed by atoms with Crippen molar-refractivity contribution in [2.24, 2.45) is 17.8 Å². The maximum absolute atomic E-state index is 12.4. The van der Waals surface area contributed by atoms with Crippen LogP contribution in [0, 0.1) is 17.8 Å². The third kappa shape index (κ3) is 3.08. The standard InChI is InChI=1S/C16H23NO3S2/c1-16(2,3)13-7-8-14(21-13)22(19,20)17-15(18)12-9-11(12)10-5-4-6-10/h7-8,10-12H,4-6,9H2,1-3H3,(H,17,18)/t11-,12+/m0/s1. The molecule has 1 heterocycles. The maximum atomic E-state index is 12.4. The molecule has 1 aromatic heterocycles. The van der Waals surface area contributed by atoms with Gasteiger partial charge in [-0.1, -0.05) is 40.0 Å². The second-order valence-corrected chi connectivity index (χ2v) is 10.5. The van der Waals surface area contributed by atoms with Gasteiger partial charge in [-0.15, -0.1) is 11.3 Å². The Kier molecular flexibility index (Phi) is 3.88. The molecule has 122 valence electrons. The van der Waals surface area contributed by atoms with E-state index in [2.05, 4.69) is 4.72 Å². The summed E-state index contributed by atoms with van der Waals surface area (Å²) >= 11 is 1.24. The van der Waals surface area contributed by atoms with Gasteiger partial charge in [0.25, 0.3) is 10.0 Å². The molecule has 2 aliphatic rings. The first-order chi connectivity index (χ1) is 10.2. The number of carbonyl (C=O) groups is 1. The van der Waals surface area contributed by atoms with Crippen LogP contribution < -0.4 is 4.72 Å². The number of hydrogen-bond donors (Lipinski definition) is 1. The fourth-order valence-corrected chi connectivity index (χ4v) is 5.42. The lowest BCUT2D eigenvalue weighted by atomic mass is 9.81. The first kappa shape index (κ1) is 16.0. The quantitative estimate of drug-likeness (QED) is 0.914. The van der Waals surface area contributed by atoms with Crippen molar-refractivity contribution >= 4 is 27.3 Å². The molecule has 0 spiro atoms. The number of nitrogens with one attached hydrogen (secondary N) is 1. The van der Waals surface area contributed by atoms with E-state index in [0.717, 1.165) is 11.3 Å². The highest BCUT2D eigenvalue weighted by Gasteiger charge is 2.49. The van der Waals surface area contributed by atoms with Gasteiger partial charge in [-0.05, 0) is 35.8 Å². The fraction of sp³-hybridized carbons (Fsp3) is 0.688. The molecule has 1 amide bonds. The second kappa shape index (κ2) is 5.34. The number of thiophene rings is 1. The maximum Gasteiger partial charge on any atom is 0.273 e. The third-order valence-electron chi connectivity index (χ3n) is 4.75. The van der Waals surface area contributed by atoms with Crippen molar-refractivity contribution in [3.63, 3.8) is 0 Å². The summed E-state index contributed by atoms with van der Waals surface area (Å²) in [4.78, 5) is 13.2. The van der Waals surface area contributed by atoms with Crippen molar-refractivity contribution in [2.75, 3.05) is 0 Å². The molecule has 2 aliphatic carbocycles. The van der Waals surface area contributed by atoms with Crippen LogP contribution in [0.25, 0.3) is 0 Å². The first-order valence-electron chi connectivity index (χ1n) is 7.85. The van der Waals surface area contributed by atoms with E-state index in [1.54, 1.807) is 6.07 Å². The molecule has 3 rings (SSSR count). The Bertz CT molecular complexity index is 680. The van der Waals surface area contributed by atoms with Crippen LogP contribution >= 0.6 is 11.3 Å². The summed E-state index contributed by atoms with van der Waals surface area (Å²) < 4.78 is 27.2. The van der Waals surface area contributed by atoms with Crippen molar-refractivity contribution in [2.45, 2.75) is 56.1 Å². The number of hydrogen-bond acceptors (Lipinski definition) is 4. The van der Waals surface area contributed by atoms with Gasteiger partial charge in [0.15, 0.2) is 0 Å². The Balaban J connectivity index is 1.66. The van der Waals surface area contributed by atoms with Crippen LogP contribution in [-0.2, 0) is 20.2 Å². The molecule has 4 nitrogen and oxygen atoms in total. The van der Waals surface area contributed by atoms with Crippen molar-refractivity contribution in [3.05, 3.63) is 17.0 Å². The minimum Gasteiger partial charge on any atom is -0.274 e. The predicted octanol–water partition coefficient (Wildman–Crippen LogP) is 3.29. The predicted molar refractivity (Wildman–Crippen MR) is 87.3 cm³/mol. The first-order valence-corrected chi connectivity index (χ1v) is 10.2. The van der Waals surface area contributed by atoms with Gasteiger partial charge in [0, 0.05) is 10.8 Å². The van der Waals surface area contributed by atoms with E-state index in [0.29, 0.717) is 11.8 Å². The third-order valence-corrected chi connectivity index (χ3v) is 8.10. The Morgan fingerprint density at radius 3 is 2.45 bits per heavy atom. The van der Waals surface area contributed by atoms with Gasteiger partial charge < -0.3 is 0 Å². The van der Waals surface area contributed by atoms with Crippen LogP contribution in [0.1, 0.15) is 51.3 Å². The van der Waals surface area contributed by atoms with E-state index in [-0.39, 0.29) is 21.4 Å². The Hall–Kier alpha value is -0.880. The summed E-state index contributed by atoms with van der Waals surface area (Å²) in [6.07, 6.45) is 4.49. The summed E-state index contributed by atoms with van der Waals surface area (Å²) in [5, 5.41) is 0. The molecular weight excluding hydrogens is 318 g/mol. The lowest BCUT2D eigenvalue weighted by Gasteiger charge is -2.25. The molecule has 2 saturated carbocycles. The molecule has 0 saturated heterocycles. The summed E-state index contributed by atoms with van der Waals surface area (Å²) in [6, 6.07) is 3.43. The van der Waals surface area contributed by atoms with Crippen molar-refractivity contribution in [1.29, 1.82) is 0 Å². The summed E-state index contributed by atoms with van der Waals surface area (Å²) in [5.41, 5.74) is -0.0890. The summed E-state index contributed by atoms with van der Waals surface area (Å²) in [6.45, 7) is 6.13. The van der Waals surface area contributed by atoms with E-state index in [4.69, 9.17) is 0 Å². The average Bonchev–Trinajstić information content (AvgIpc) is 2.90. The minimum atomic E-state index is -3.72. The highest BCUT2D eigenvalue weighted by Crippen LogP contribution is 2.51. The van der Waals surface area contributed by atoms with Gasteiger partial charge >= 0.3 is 0 Å². The topological polar surface area (TPSA) is 63.2 Å². The normalized spacial score (nSPS) is 25.6. The minimum absolute atomic E-state index is 0.0890. The van der Waals surface area contributed by atoms with Crippen molar-refractivity contribution in [1.82, 2.24) is 4.72 Å². The van der Waals surface area contributed by atoms with E-state index >= 15 is 0 Å². The molecule has 0 bridgehead atoms.